The van der Waals surface area contributed by atoms with Gasteiger partial charge in [-0.3, -0.25) is 0 Å². The topological polar surface area (TPSA) is 62.9 Å². The SMILES string of the molecule is CCCCCCCCCCN1CCC(C)C1.N#CNC#N. The van der Waals surface area contributed by atoms with E-state index >= 15 is 0 Å². The molecule has 0 amide bonds. The first kappa shape index (κ1) is 19.7. The molecule has 1 atom stereocenters. The minimum absolute atomic E-state index is 0.953. The number of likely N-dealkylation sites (tertiary alicyclic amines) is 1. The fraction of sp³-hybridized carbons (Fsp3) is 0.882. The fourth-order valence-electron chi connectivity index (χ4n) is 2.72. The predicted molar refractivity (Wildman–Crippen MR) is 87.2 cm³/mol. The molecule has 1 fully saturated rings. The minimum atomic E-state index is 0.953. The Morgan fingerprint density at radius 2 is 1.57 bits per heavy atom. The molecule has 0 aromatic carbocycles. The Balaban J connectivity index is 0.000000690. The summed E-state index contributed by atoms with van der Waals surface area (Å²) in [6, 6.07) is 0. The molecule has 0 saturated carbocycles. The molecule has 1 aliphatic heterocycles. The summed E-state index contributed by atoms with van der Waals surface area (Å²) >= 11 is 0. The fourth-order valence-corrected chi connectivity index (χ4v) is 2.72. The van der Waals surface area contributed by atoms with Gasteiger partial charge in [0.2, 0.25) is 0 Å². The summed E-state index contributed by atoms with van der Waals surface area (Å²) in [5, 5.41) is 16.7. The number of unbranched alkanes of at least 4 members (excludes halogenated alkanes) is 7. The molecule has 1 N–H and O–H groups in total. The molecule has 1 unspecified atom stereocenters. The Kier molecular flexibility index (Phi) is 14.2. The Bertz CT molecular complexity index is 291. The highest BCUT2D eigenvalue weighted by Gasteiger charge is 2.17. The molecule has 120 valence electrons. The van der Waals surface area contributed by atoms with Crippen molar-refractivity contribution in [1.29, 1.82) is 10.5 Å². The van der Waals surface area contributed by atoms with Crippen LogP contribution in [0, 0.1) is 28.8 Å². The van der Waals surface area contributed by atoms with Crippen molar-refractivity contribution in [3.05, 3.63) is 0 Å². The molecule has 1 heterocycles. The number of hydrogen-bond donors (Lipinski definition) is 1. The summed E-state index contributed by atoms with van der Waals surface area (Å²) in [5.41, 5.74) is 0. The van der Waals surface area contributed by atoms with Crippen LogP contribution in [0.25, 0.3) is 0 Å². The van der Waals surface area contributed by atoms with Crippen LogP contribution in [0.1, 0.15) is 71.6 Å². The van der Waals surface area contributed by atoms with Crippen molar-refractivity contribution >= 4 is 0 Å². The zero-order chi connectivity index (χ0) is 15.8. The normalized spacial score (nSPS) is 17.4. The maximum atomic E-state index is 7.48. The van der Waals surface area contributed by atoms with E-state index < -0.39 is 0 Å². The van der Waals surface area contributed by atoms with Gasteiger partial charge < -0.3 is 4.90 Å². The first-order chi connectivity index (χ1) is 10.2. The van der Waals surface area contributed by atoms with Crippen LogP contribution in [0.2, 0.25) is 0 Å². The van der Waals surface area contributed by atoms with Crippen LogP contribution < -0.4 is 5.32 Å². The minimum Gasteiger partial charge on any atom is -0.303 e. The monoisotopic (exact) mass is 292 g/mol. The smallest absolute Gasteiger partial charge is 0.190 e. The van der Waals surface area contributed by atoms with E-state index in [2.05, 4.69) is 18.7 Å². The second kappa shape index (κ2) is 15.1. The molecule has 1 saturated heterocycles. The third-order valence-corrected chi connectivity index (χ3v) is 3.95. The lowest BCUT2D eigenvalue weighted by molar-refractivity contribution is 0.317. The highest BCUT2D eigenvalue weighted by Crippen LogP contribution is 2.16. The van der Waals surface area contributed by atoms with Gasteiger partial charge in [0.15, 0.2) is 12.4 Å². The molecule has 1 aliphatic rings. The van der Waals surface area contributed by atoms with Crippen LogP contribution in [0.15, 0.2) is 0 Å². The lowest BCUT2D eigenvalue weighted by atomic mass is 10.1. The van der Waals surface area contributed by atoms with Crippen molar-refractivity contribution in [2.75, 3.05) is 19.6 Å². The molecule has 0 aliphatic carbocycles. The molecule has 0 spiro atoms. The summed E-state index contributed by atoms with van der Waals surface area (Å²) in [6.45, 7) is 8.75. The second-order valence-corrected chi connectivity index (χ2v) is 6.02. The lowest BCUT2D eigenvalue weighted by Gasteiger charge is -2.14. The largest absolute Gasteiger partial charge is 0.303 e. The number of nitrogens with one attached hydrogen (secondary N) is 1. The summed E-state index contributed by atoms with van der Waals surface area (Å²) in [7, 11) is 0. The number of nitrogens with zero attached hydrogens (tertiary/aromatic N) is 3. The standard InChI is InChI=1S/C15H31N.C2HN3/c1-3-4-5-6-7-8-9-10-12-16-13-11-15(2)14-16;3-1-5-2-4/h15H,3-14H2,1-2H3;5H. The van der Waals surface area contributed by atoms with Crippen LogP contribution in [-0.2, 0) is 0 Å². The van der Waals surface area contributed by atoms with Gasteiger partial charge in [-0.1, -0.05) is 58.8 Å². The first-order valence-corrected chi connectivity index (χ1v) is 8.50. The van der Waals surface area contributed by atoms with Gasteiger partial charge in [-0.15, -0.1) is 0 Å². The first-order valence-electron chi connectivity index (χ1n) is 8.50. The second-order valence-electron chi connectivity index (χ2n) is 6.02. The summed E-state index contributed by atoms with van der Waals surface area (Å²) in [4.78, 5) is 2.65. The van der Waals surface area contributed by atoms with Crippen LogP contribution in [0.4, 0.5) is 0 Å². The number of hydrogen-bond acceptors (Lipinski definition) is 4. The molecule has 21 heavy (non-hydrogen) atoms. The highest BCUT2D eigenvalue weighted by atomic mass is 15.1. The van der Waals surface area contributed by atoms with Crippen LogP contribution in [-0.4, -0.2) is 24.5 Å². The van der Waals surface area contributed by atoms with Gasteiger partial charge in [0.05, 0.1) is 0 Å². The molecular weight excluding hydrogens is 260 g/mol. The molecular formula is C17H32N4. The summed E-state index contributed by atoms with van der Waals surface area (Å²) < 4.78 is 0. The average molecular weight is 292 g/mol. The van der Waals surface area contributed by atoms with E-state index in [1.165, 1.54) is 89.8 Å². The van der Waals surface area contributed by atoms with E-state index in [0.29, 0.717) is 0 Å². The van der Waals surface area contributed by atoms with Crippen LogP contribution in [0.5, 0.6) is 0 Å². The van der Waals surface area contributed by atoms with E-state index in [-0.39, 0.29) is 0 Å². The Morgan fingerprint density at radius 3 is 2.00 bits per heavy atom. The highest BCUT2D eigenvalue weighted by molar-refractivity contribution is 4.77. The third-order valence-electron chi connectivity index (χ3n) is 3.95. The zero-order valence-electron chi connectivity index (χ0n) is 13.9. The molecule has 0 aromatic rings. The van der Waals surface area contributed by atoms with Gasteiger partial charge in [0.25, 0.3) is 0 Å². The maximum absolute atomic E-state index is 7.48. The predicted octanol–water partition coefficient (Wildman–Crippen LogP) is 4.01. The van der Waals surface area contributed by atoms with Gasteiger partial charge in [-0.25, -0.2) is 5.32 Å². The van der Waals surface area contributed by atoms with Crippen molar-refractivity contribution in [3.63, 3.8) is 0 Å². The van der Waals surface area contributed by atoms with Gasteiger partial charge in [0, 0.05) is 6.54 Å². The Hall–Kier alpha value is -1.26. The molecule has 0 bridgehead atoms. The Labute approximate surface area is 131 Å². The van der Waals surface area contributed by atoms with Crippen molar-refractivity contribution in [3.8, 4) is 12.4 Å². The van der Waals surface area contributed by atoms with E-state index in [1.54, 1.807) is 5.32 Å². The lowest BCUT2D eigenvalue weighted by Crippen LogP contribution is -2.21. The van der Waals surface area contributed by atoms with Crippen molar-refractivity contribution in [2.45, 2.75) is 71.6 Å². The van der Waals surface area contributed by atoms with Gasteiger partial charge in [-0.05, 0) is 31.8 Å². The van der Waals surface area contributed by atoms with Gasteiger partial charge >= 0.3 is 0 Å². The average Bonchev–Trinajstić information content (AvgIpc) is 2.89. The maximum Gasteiger partial charge on any atom is 0.190 e. The Morgan fingerprint density at radius 1 is 1.00 bits per heavy atom. The molecule has 0 radical (unpaired) electrons. The van der Waals surface area contributed by atoms with Crippen molar-refractivity contribution < 1.29 is 0 Å². The molecule has 1 rings (SSSR count). The zero-order valence-corrected chi connectivity index (χ0v) is 13.9. The third kappa shape index (κ3) is 13.5. The quantitative estimate of drug-likeness (QED) is 0.396. The van der Waals surface area contributed by atoms with Crippen LogP contribution >= 0.6 is 0 Å². The van der Waals surface area contributed by atoms with E-state index in [9.17, 15) is 0 Å². The van der Waals surface area contributed by atoms with Gasteiger partial charge in [0.1, 0.15) is 0 Å². The number of nitriles is 2. The summed E-state index contributed by atoms with van der Waals surface area (Å²) in [6.07, 6.45) is 15.8. The van der Waals surface area contributed by atoms with Crippen molar-refractivity contribution in [2.24, 2.45) is 5.92 Å². The van der Waals surface area contributed by atoms with Gasteiger partial charge in [-0.2, -0.15) is 10.5 Å². The molecule has 0 aromatic heterocycles. The van der Waals surface area contributed by atoms with Crippen LogP contribution in [0.3, 0.4) is 0 Å². The molecule has 4 nitrogen and oxygen atoms in total. The molecule has 4 heteroatoms. The van der Waals surface area contributed by atoms with E-state index in [4.69, 9.17) is 10.5 Å². The number of rotatable bonds is 9. The van der Waals surface area contributed by atoms with E-state index in [0.717, 1.165) is 5.92 Å². The van der Waals surface area contributed by atoms with Crippen molar-refractivity contribution in [1.82, 2.24) is 10.2 Å². The van der Waals surface area contributed by atoms with E-state index in [1.807, 2.05) is 0 Å². The summed E-state index contributed by atoms with van der Waals surface area (Å²) in [5.74, 6) is 0.953.